The minimum atomic E-state index is -3.68. The summed E-state index contributed by atoms with van der Waals surface area (Å²) in [4.78, 5) is 12.8. The van der Waals surface area contributed by atoms with Crippen LogP contribution in [0.2, 0.25) is 0 Å². The second-order valence-electron chi connectivity index (χ2n) is 7.60. The molecule has 2 saturated heterocycles. The van der Waals surface area contributed by atoms with E-state index in [2.05, 4.69) is 21.9 Å². The van der Waals surface area contributed by atoms with E-state index in [1.165, 1.54) is 0 Å². The van der Waals surface area contributed by atoms with E-state index in [0.29, 0.717) is 24.4 Å². The molecule has 172 valence electrons. The number of unbranched alkanes of at least 4 members (excludes halogenated alkanes) is 1. The third-order valence-electron chi connectivity index (χ3n) is 5.25. The van der Waals surface area contributed by atoms with Crippen molar-refractivity contribution >= 4 is 27.2 Å². The Labute approximate surface area is 180 Å². The molecule has 2 fully saturated rings. The lowest BCUT2D eigenvalue weighted by molar-refractivity contribution is -0.183. The zero-order chi connectivity index (χ0) is 22.2. The minimum absolute atomic E-state index is 0.0349. The molecule has 0 aromatic carbocycles. The summed E-state index contributed by atoms with van der Waals surface area (Å²) in [6.45, 7) is 4.70. The van der Waals surface area contributed by atoms with Gasteiger partial charge in [0.1, 0.15) is 24.4 Å². The van der Waals surface area contributed by atoms with Crippen LogP contribution in [-0.4, -0.2) is 78.4 Å². The summed E-state index contributed by atoms with van der Waals surface area (Å²) in [6, 6.07) is 0. The number of nitrogens with two attached hydrogens (primary N) is 1. The maximum Gasteiger partial charge on any atom is 0.264 e. The van der Waals surface area contributed by atoms with Gasteiger partial charge in [-0.3, -0.25) is 8.75 Å². The average molecular weight is 458 g/mol. The average Bonchev–Trinajstić information content (AvgIpc) is 3.36. The van der Waals surface area contributed by atoms with Crippen LogP contribution in [0.4, 0.5) is 5.95 Å². The predicted octanol–water partition coefficient (Wildman–Crippen LogP) is 0.635. The van der Waals surface area contributed by atoms with Crippen LogP contribution in [0.25, 0.3) is 11.2 Å². The van der Waals surface area contributed by atoms with Gasteiger partial charge in [0.25, 0.3) is 10.1 Å². The maximum atomic E-state index is 11.6. The lowest BCUT2D eigenvalue weighted by Gasteiger charge is -2.31. The van der Waals surface area contributed by atoms with Gasteiger partial charge in [0.15, 0.2) is 17.4 Å². The van der Waals surface area contributed by atoms with Gasteiger partial charge in [0.05, 0.1) is 25.8 Å². The number of anilines is 1. The number of nitrogen functional groups attached to an aromatic ring is 1. The van der Waals surface area contributed by atoms with Crippen molar-refractivity contribution in [1.29, 1.82) is 0 Å². The highest BCUT2D eigenvalue weighted by atomic mass is 32.2. The first-order valence-corrected chi connectivity index (χ1v) is 12.0. The summed E-state index contributed by atoms with van der Waals surface area (Å²) in [5, 5.41) is 0. The van der Waals surface area contributed by atoms with Gasteiger partial charge in [0.2, 0.25) is 11.8 Å². The van der Waals surface area contributed by atoms with E-state index in [4.69, 9.17) is 28.9 Å². The molecule has 4 rings (SSSR count). The van der Waals surface area contributed by atoms with Crippen LogP contribution in [-0.2, 0) is 28.5 Å². The highest BCUT2D eigenvalue weighted by molar-refractivity contribution is 7.85. The zero-order valence-corrected chi connectivity index (χ0v) is 18.5. The van der Waals surface area contributed by atoms with Crippen LogP contribution in [0.1, 0.15) is 32.9 Å². The van der Waals surface area contributed by atoms with Crippen molar-refractivity contribution in [1.82, 2.24) is 19.5 Å². The first kappa shape index (κ1) is 22.1. The number of fused-ring (bicyclic) bond motifs is 3. The SMILES string of the molecule is CCCCO[C@H]1[C@H]2OC[C@]1(COS(C)(=O)=O)O[C@H]2n1cnc2c(OCC)nc(N)nc21. The van der Waals surface area contributed by atoms with Gasteiger partial charge < -0.3 is 24.7 Å². The molecular formula is C18H27N5O7S. The van der Waals surface area contributed by atoms with E-state index in [-0.39, 0.29) is 25.0 Å². The summed E-state index contributed by atoms with van der Waals surface area (Å²) in [5.74, 6) is 0.311. The maximum absolute atomic E-state index is 11.6. The highest BCUT2D eigenvalue weighted by Gasteiger charge is 2.63. The molecule has 13 heteroatoms. The van der Waals surface area contributed by atoms with Crippen molar-refractivity contribution in [3.8, 4) is 5.88 Å². The molecule has 2 aliphatic heterocycles. The number of imidazole rings is 1. The number of nitrogens with zero attached hydrogens (tertiary/aromatic N) is 4. The fourth-order valence-electron chi connectivity index (χ4n) is 3.86. The van der Waals surface area contributed by atoms with Gasteiger partial charge in [-0.05, 0) is 13.3 Å². The molecule has 0 radical (unpaired) electrons. The summed E-state index contributed by atoms with van der Waals surface area (Å²) in [6.07, 6.45) is 2.65. The second-order valence-corrected chi connectivity index (χ2v) is 9.25. The summed E-state index contributed by atoms with van der Waals surface area (Å²) in [7, 11) is -3.68. The Morgan fingerprint density at radius 1 is 1.35 bits per heavy atom. The zero-order valence-electron chi connectivity index (χ0n) is 17.7. The Hall–Kier alpha value is -2.06. The lowest BCUT2D eigenvalue weighted by atomic mass is 10.00. The molecular weight excluding hydrogens is 430 g/mol. The fourth-order valence-corrected chi connectivity index (χ4v) is 4.27. The molecule has 2 aliphatic rings. The number of hydrogen-bond donors (Lipinski definition) is 1. The van der Waals surface area contributed by atoms with E-state index in [0.717, 1.165) is 19.1 Å². The monoisotopic (exact) mass is 457 g/mol. The van der Waals surface area contributed by atoms with Gasteiger partial charge in [0, 0.05) is 6.61 Å². The van der Waals surface area contributed by atoms with Crippen molar-refractivity contribution in [2.45, 2.75) is 50.7 Å². The Bertz CT molecular complexity index is 1050. The summed E-state index contributed by atoms with van der Waals surface area (Å²) in [5.41, 5.74) is 5.64. The molecule has 4 atom stereocenters. The number of rotatable bonds is 10. The second kappa shape index (κ2) is 8.47. The normalized spacial score (nSPS) is 27.9. The van der Waals surface area contributed by atoms with Gasteiger partial charge in [-0.1, -0.05) is 13.3 Å². The number of hydrogen-bond acceptors (Lipinski definition) is 11. The molecule has 0 aliphatic carbocycles. The Balaban J connectivity index is 1.68. The minimum Gasteiger partial charge on any atom is -0.476 e. The smallest absolute Gasteiger partial charge is 0.264 e. The van der Waals surface area contributed by atoms with Crippen molar-refractivity contribution in [3.63, 3.8) is 0 Å². The molecule has 4 heterocycles. The molecule has 31 heavy (non-hydrogen) atoms. The Morgan fingerprint density at radius 2 is 2.16 bits per heavy atom. The van der Waals surface area contributed by atoms with Crippen molar-refractivity contribution < 1.29 is 31.5 Å². The Kier molecular flexibility index (Phi) is 6.05. The van der Waals surface area contributed by atoms with Crippen molar-refractivity contribution in [2.24, 2.45) is 0 Å². The fraction of sp³-hybridized carbons (Fsp3) is 0.722. The summed E-state index contributed by atoms with van der Waals surface area (Å²) >= 11 is 0. The molecule has 0 saturated carbocycles. The molecule has 2 aromatic rings. The largest absolute Gasteiger partial charge is 0.476 e. The van der Waals surface area contributed by atoms with Crippen LogP contribution in [0.15, 0.2) is 6.33 Å². The lowest BCUT2D eigenvalue weighted by Crippen LogP contribution is -2.46. The highest BCUT2D eigenvalue weighted by Crippen LogP contribution is 2.47. The van der Waals surface area contributed by atoms with E-state index in [1.807, 2.05) is 6.92 Å². The van der Waals surface area contributed by atoms with Crippen LogP contribution in [0.3, 0.4) is 0 Å². The van der Waals surface area contributed by atoms with E-state index < -0.39 is 34.2 Å². The van der Waals surface area contributed by atoms with Gasteiger partial charge in [-0.15, -0.1) is 0 Å². The van der Waals surface area contributed by atoms with Gasteiger partial charge in [-0.25, -0.2) is 4.98 Å². The van der Waals surface area contributed by atoms with Crippen LogP contribution in [0, 0.1) is 0 Å². The van der Waals surface area contributed by atoms with Crippen molar-refractivity contribution in [2.75, 3.05) is 38.4 Å². The van der Waals surface area contributed by atoms with Gasteiger partial charge in [-0.2, -0.15) is 18.4 Å². The molecule has 12 nitrogen and oxygen atoms in total. The number of aromatic nitrogens is 4. The van der Waals surface area contributed by atoms with Crippen LogP contribution in [0.5, 0.6) is 5.88 Å². The molecule has 0 spiro atoms. The van der Waals surface area contributed by atoms with Crippen LogP contribution < -0.4 is 10.5 Å². The number of ether oxygens (including phenoxy) is 4. The molecule has 2 aromatic heterocycles. The first-order chi connectivity index (χ1) is 14.8. The van der Waals surface area contributed by atoms with Gasteiger partial charge >= 0.3 is 0 Å². The predicted molar refractivity (Wildman–Crippen MR) is 109 cm³/mol. The standard InChI is InChI=1S/C18H27N5O7S/c1-4-6-7-27-13-12-16(30-18(13,8-28-12)9-29-31(3,24)25)23-10-20-11-14(23)21-17(19)22-15(11)26-5-2/h10,12-13,16H,4-9H2,1-3H3,(H2,19,21,22)/t12-,13+,16-,18-/m1/s1. The quantitative estimate of drug-likeness (QED) is 0.395. The molecule has 2 bridgehead atoms. The molecule has 0 amide bonds. The summed E-state index contributed by atoms with van der Waals surface area (Å²) < 4.78 is 53.9. The molecule has 2 N–H and O–H groups in total. The topological polar surface area (TPSA) is 150 Å². The first-order valence-electron chi connectivity index (χ1n) is 10.2. The van der Waals surface area contributed by atoms with Crippen molar-refractivity contribution in [3.05, 3.63) is 6.33 Å². The van der Waals surface area contributed by atoms with E-state index in [1.54, 1.807) is 10.9 Å². The Morgan fingerprint density at radius 3 is 2.87 bits per heavy atom. The third-order valence-corrected chi connectivity index (χ3v) is 5.79. The van der Waals surface area contributed by atoms with E-state index >= 15 is 0 Å². The third kappa shape index (κ3) is 4.20. The molecule has 0 unspecified atom stereocenters. The van der Waals surface area contributed by atoms with E-state index in [9.17, 15) is 8.42 Å². The van der Waals surface area contributed by atoms with Crippen LogP contribution >= 0.6 is 0 Å².